The van der Waals surface area contributed by atoms with Crippen LogP contribution in [0.1, 0.15) is 11.1 Å². The van der Waals surface area contributed by atoms with Crippen molar-refractivity contribution in [3.8, 4) is 6.07 Å². The molecule has 3 rings (SSSR count). The predicted molar refractivity (Wildman–Crippen MR) is 77.5 cm³/mol. The molecule has 0 aliphatic rings. The molecule has 0 fully saturated rings. The van der Waals surface area contributed by atoms with Gasteiger partial charge in [-0.05, 0) is 35.9 Å². The van der Waals surface area contributed by atoms with Gasteiger partial charge in [-0.3, -0.25) is 4.79 Å². The van der Waals surface area contributed by atoms with E-state index in [9.17, 15) is 4.79 Å². The summed E-state index contributed by atoms with van der Waals surface area (Å²) in [5, 5.41) is 11.6. The summed E-state index contributed by atoms with van der Waals surface area (Å²) in [6.07, 6.45) is 1.61. The number of rotatable bonds is 3. The lowest BCUT2D eigenvalue weighted by atomic mass is 10.1. The van der Waals surface area contributed by atoms with Crippen LogP contribution in [0.3, 0.4) is 0 Å². The van der Waals surface area contributed by atoms with Gasteiger partial charge >= 0.3 is 0 Å². The van der Waals surface area contributed by atoms with E-state index >= 15 is 0 Å². The number of aromatic nitrogens is 1. The minimum atomic E-state index is -0.149. The van der Waals surface area contributed by atoms with Crippen LogP contribution >= 0.6 is 0 Å². The Morgan fingerprint density at radius 1 is 1.29 bits per heavy atom. The summed E-state index contributed by atoms with van der Waals surface area (Å²) in [5.41, 5.74) is 3.39. The summed E-state index contributed by atoms with van der Waals surface area (Å²) in [4.78, 5) is 16.0. The third-order valence-electron chi connectivity index (χ3n) is 3.04. The van der Waals surface area contributed by atoms with Crippen LogP contribution < -0.4 is 5.32 Å². The molecule has 0 atom stereocenters. The SMILES string of the molecule is N#Cc1cccc(NC(=O)Cc2ccc3ncoc3c2)c1. The second-order valence-electron chi connectivity index (χ2n) is 4.57. The van der Waals surface area contributed by atoms with Gasteiger partial charge in [-0.1, -0.05) is 12.1 Å². The van der Waals surface area contributed by atoms with E-state index in [1.165, 1.54) is 6.39 Å². The average Bonchev–Trinajstić information content (AvgIpc) is 2.95. The fraction of sp³-hybridized carbons (Fsp3) is 0.0625. The molecule has 3 aromatic rings. The van der Waals surface area contributed by atoms with E-state index in [-0.39, 0.29) is 12.3 Å². The number of oxazole rings is 1. The van der Waals surface area contributed by atoms with Gasteiger partial charge in [-0.25, -0.2) is 4.98 Å². The van der Waals surface area contributed by atoms with Gasteiger partial charge in [0.1, 0.15) is 5.52 Å². The Labute approximate surface area is 120 Å². The molecule has 0 unspecified atom stereocenters. The van der Waals surface area contributed by atoms with Crippen LogP contribution in [-0.2, 0) is 11.2 Å². The Morgan fingerprint density at radius 2 is 2.19 bits per heavy atom. The van der Waals surface area contributed by atoms with Gasteiger partial charge in [0.05, 0.1) is 18.1 Å². The standard InChI is InChI=1S/C16H11N3O2/c17-9-12-2-1-3-13(6-12)19-16(20)8-11-4-5-14-15(7-11)21-10-18-14/h1-7,10H,8H2,(H,19,20). The van der Waals surface area contributed by atoms with Crippen molar-refractivity contribution in [2.24, 2.45) is 0 Å². The topological polar surface area (TPSA) is 78.9 Å². The molecule has 0 aliphatic carbocycles. The highest BCUT2D eigenvalue weighted by molar-refractivity contribution is 5.92. The van der Waals surface area contributed by atoms with Gasteiger partial charge < -0.3 is 9.73 Å². The molecule has 1 aromatic heterocycles. The summed E-state index contributed by atoms with van der Waals surface area (Å²) in [5.74, 6) is -0.149. The molecular formula is C16H11N3O2. The molecular weight excluding hydrogens is 266 g/mol. The average molecular weight is 277 g/mol. The van der Waals surface area contributed by atoms with Crippen LogP contribution in [0.5, 0.6) is 0 Å². The molecule has 21 heavy (non-hydrogen) atoms. The zero-order valence-electron chi connectivity index (χ0n) is 11.0. The quantitative estimate of drug-likeness (QED) is 0.798. The summed E-state index contributed by atoms with van der Waals surface area (Å²) < 4.78 is 5.21. The number of hydrogen-bond donors (Lipinski definition) is 1. The Bertz CT molecular complexity index is 846. The van der Waals surface area contributed by atoms with Gasteiger partial charge in [0.15, 0.2) is 12.0 Å². The van der Waals surface area contributed by atoms with E-state index in [2.05, 4.69) is 10.3 Å². The lowest BCUT2D eigenvalue weighted by Crippen LogP contribution is -2.14. The van der Waals surface area contributed by atoms with Crippen molar-refractivity contribution in [3.05, 3.63) is 60.0 Å². The van der Waals surface area contributed by atoms with E-state index in [1.807, 2.05) is 18.2 Å². The number of nitriles is 1. The molecule has 0 saturated carbocycles. The second-order valence-corrected chi connectivity index (χ2v) is 4.57. The Hall–Kier alpha value is -3.13. The van der Waals surface area contributed by atoms with Crippen LogP contribution in [0.2, 0.25) is 0 Å². The number of benzene rings is 2. The van der Waals surface area contributed by atoms with Crippen molar-refractivity contribution in [1.29, 1.82) is 5.26 Å². The molecule has 1 amide bonds. The van der Waals surface area contributed by atoms with Gasteiger partial charge in [0.2, 0.25) is 5.91 Å². The molecule has 0 bridgehead atoms. The highest BCUT2D eigenvalue weighted by Crippen LogP contribution is 2.15. The van der Waals surface area contributed by atoms with Crippen LogP contribution in [0, 0.1) is 11.3 Å². The first-order chi connectivity index (χ1) is 10.2. The van der Waals surface area contributed by atoms with Crippen molar-refractivity contribution < 1.29 is 9.21 Å². The molecule has 5 heteroatoms. The van der Waals surface area contributed by atoms with Gasteiger partial charge in [-0.2, -0.15) is 5.26 Å². The van der Waals surface area contributed by atoms with Gasteiger partial charge in [0.25, 0.3) is 0 Å². The number of nitrogens with zero attached hydrogens (tertiary/aromatic N) is 2. The van der Waals surface area contributed by atoms with E-state index in [1.54, 1.807) is 30.3 Å². The predicted octanol–water partition coefficient (Wildman–Crippen LogP) is 2.88. The van der Waals surface area contributed by atoms with Crippen molar-refractivity contribution in [3.63, 3.8) is 0 Å². The highest BCUT2D eigenvalue weighted by Gasteiger charge is 2.07. The molecule has 0 saturated heterocycles. The highest BCUT2D eigenvalue weighted by atomic mass is 16.3. The first kappa shape index (κ1) is 12.9. The van der Waals surface area contributed by atoms with E-state index < -0.39 is 0 Å². The van der Waals surface area contributed by atoms with Crippen LogP contribution in [0.4, 0.5) is 5.69 Å². The maximum atomic E-state index is 12.0. The maximum absolute atomic E-state index is 12.0. The fourth-order valence-electron chi connectivity index (χ4n) is 2.07. The summed E-state index contributed by atoms with van der Waals surface area (Å²) in [7, 11) is 0. The lowest BCUT2D eigenvalue weighted by molar-refractivity contribution is -0.115. The molecule has 1 N–H and O–H groups in total. The van der Waals surface area contributed by atoms with Crippen LogP contribution in [0.25, 0.3) is 11.1 Å². The molecule has 102 valence electrons. The zero-order chi connectivity index (χ0) is 14.7. The first-order valence-electron chi connectivity index (χ1n) is 6.37. The lowest BCUT2D eigenvalue weighted by Gasteiger charge is -2.05. The number of carbonyl (C=O) groups excluding carboxylic acids is 1. The van der Waals surface area contributed by atoms with Gasteiger partial charge in [-0.15, -0.1) is 0 Å². The number of fused-ring (bicyclic) bond motifs is 1. The molecule has 2 aromatic carbocycles. The minimum Gasteiger partial charge on any atom is -0.443 e. The van der Waals surface area contributed by atoms with Crippen molar-refractivity contribution >= 4 is 22.7 Å². The zero-order valence-corrected chi connectivity index (χ0v) is 11.0. The third kappa shape index (κ3) is 2.90. The third-order valence-corrected chi connectivity index (χ3v) is 3.04. The Balaban J connectivity index is 1.72. The van der Waals surface area contributed by atoms with Crippen molar-refractivity contribution in [2.75, 3.05) is 5.32 Å². The number of carbonyl (C=O) groups is 1. The Kier molecular flexibility index (Phi) is 3.36. The largest absolute Gasteiger partial charge is 0.443 e. The summed E-state index contributed by atoms with van der Waals surface area (Å²) in [6, 6.07) is 14.3. The minimum absolute atomic E-state index is 0.149. The van der Waals surface area contributed by atoms with E-state index in [0.29, 0.717) is 16.8 Å². The summed E-state index contributed by atoms with van der Waals surface area (Å²) >= 11 is 0. The first-order valence-corrected chi connectivity index (χ1v) is 6.37. The van der Waals surface area contributed by atoms with Gasteiger partial charge in [0, 0.05) is 5.69 Å². The van der Waals surface area contributed by atoms with Crippen molar-refractivity contribution in [2.45, 2.75) is 6.42 Å². The van der Waals surface area contributed by atoms with E-state index in [0.717, 1.165) is 11.1 Å². The summed E-state index contributed by atoms with van der Waals surface area (Å²) in [6.45, 7) is 0. The molecule has 1 heterocycles. The molecule has 5 nitrogen and oxygen atoms in total. The second kappa shape index (κ2) is 5.47. The smallest absolute Gasteiger partial charge is 0.228 e. The normalized spacial score (nSPS) is 10.2. The van der Waals surface area contributed by atoms with Crippen LogP contribution in [-0.4, -0.2) is 10.9 Å². The monoisotopic (exact) mass is 277 g/mol. The fourth-order valence-corrected chi connectivity index (χ4v) is 2.07. The number of hydrogen-bond acceptors (Lipinski definition) is 4. The Morgan fingerprint density at radius 3 is 3.05 bits per heavy atom. The van der Waals surface area contributed by atoms with E-state index in [4.69, 9.17) is 9.68 Å². The molecule has 0 spiro atoms. The van der Waals surface area contributed by atoms with Crippen molar-refractivity contribution in [1.82, 2.24) is 4.98 Å². The number of anilines is 1. The molecule has 0 radical (unpaired) electrons. The number of amides is 1. The van der Waals surface area contributed by atoms with Crippen LogP contribution in [0.15, 0.2) is 53.3 Å². The molecule has 0 aliphatic heterocycles. The maximum Gasteiger partial charge on any atom is 0.228 e. The number of nitrogens with one attached hydrogen (secondary N) is 1.